The van der Waals surface area contributed by atoms with E-state index in [1.807, 2.05) is 62.6 Å². The maximum atomic E-state index is 12.8. The molecule has 5 nitrogen and oxygen atoms in total. The first-order chi connectivity index (χ1) is 13.8. The number of hydrogen-bond acceptors (Lipinski definition) is 4. The number of thioether (sulfide) groups is 1. The molecule has 0 aliphatic heterocycles. The normalized spacial score (nSPS) is 13.2. The minimum Gasteiger partial charge on any atom is -0.349 e. The Balaban J connectivity index is 1.75. The van der Waals surface area contributed by atoms with Crippen LogP contribution in [0.15, 0.2) is 47.6 Å². The van der Waals surface area contributed by atoms with Crippen molar-refractivity contribution in [1.29, 1.82) is 0 Å². The molecule has 0 fully saturated rings. The zero-order chi connectivity index (χ0) is 21.1. The van der Waals surface area contributed by atoms with Crippen LogP contribution in [-0.4, -0.2) is 25.9 Å². The molecule has 152 valence electrons. The number of nitrogens with zero attached hydrogens (tertiary/aromatic N) is 3. The third kappa shape index (κ3) is 4.94. The second-order valence-corrected chi connectivity index (χ2v) is 8.96. The largest absolute Gasteiger partial charge is 0.349 e. The average Bonchev–Trinajstić information content (AvgIpc) is 3.02. The number of aryl methyl sites for hydroxylation is 2. The standard InChI is InChI=1S/C21H22Cl2N4OS/c1-12-7-5-6-8-19(12)27-15(4)25-26-21(27)29-14(3)20(28)24-13(2)17-10-9-16(22)11-18(17)23/h5-11,13-14H,1-4H3,(H,24,28)/t13-,14+/m1/s1. The van der Waals surface area contributed by atoms with E-state index < -0.39 is 0 Å². The molecule has 0 radical (unpaired) electrons. The van der Waals surface area contributed by atoms with Gasteiger partial charge in [0.2, 0.25) is 5.91 Å². The summed E-state index contributed by atoms with van der Waals surface area (Å²) in [6.07, 6.45) is 0. The average molecular weight is 449 g/mol. The highest BCUT2D eigenvalue weighted by molar-refractivity contribution is 8.00. The number of hydrogen-bond donors (Lipinski definition) is 1. The lowest BCUT2D eigenvalue weighted by molar-refractivity contribution is -0.120. The fraction of sp³-hybridized carbons (Fsp3) is 0.286. The molecule has 0 aliphatic rings. The second kappa shape index (κ2) is 9.20. The van der Waals surface area contributed by atoms with E-state index in [2.05, 4.69) is 15.5 Å². The summed E-state index contributed by atoms with van der Waals surface area (Å²) in [5, 5.41) is 12.9. The molecule has 8 heteroatoms. The number of carbonyl (C=O) groups is 1. The molecule has 29 heavy (non-hydrogen) atoms. The molecular formula is C21H22Cl2N4OS. The molecule has 2 aromatic carbocycles. The van der Waals surface area contributed by atoms with Gasteiger partial charge in [-0.1, -0.05) is 59.2 Å². The van der Waals surface area contributed by atoms with Crippen molar-refractivity contribution < 1.29 is 4.79 Å². The number of benzene rings is 2. The molecule has 2 atom stereocenters. The third-order valence-electron chi connectivity index (χ3n) is 4.59. The van der Waals surface area contributed by atoms with Gasteiger partial charge in [0.05, 0.1) is 17.0 Å². The summed E-state index contributed by atoms with van der Waals surface area (Å²) in [6, 6.07) is 13.0. The molecule has 0 bridgehead atoms. The van der Waals surface area contributed by atoms with Crippen LogP contribution in [0.5, 0.6) is 0 Å². The Kier molecular flexibility index (Phi) is 6.88. The highest BCUT2D eigenvalue weighted by Gasteiger charge is 2.22. The smallest absolute Gasteiger partial charge is 0.233 e. The van der Waals surface area contributed by atoms with E-state index in [0.29, 0.717) is 15.2 Å². The van der Waals surface area contributed by atoms with E-state index in [4.69, 9.17) is 23.2 Å². The van der Waals surface area contributed by atoms with E-state index in [1.54, 1.807) is 12.1 Å². The van der Waals surface area contributed by atoms with Crippen molar-refractivity contribution >= 4 is 40.9 Å². The number of amides is 1. The monoisotopic (exact) mass is 448 g/mol. The molecule has 1 heterocycles. The van der Waals surface area contributed by atoms with Crippen LogP contribution in [0.1, 0.15) is 36.8 Å². The number of nitrogens with one attached hydrogen (secondary N) is 1. The van der Waals surface area contributed by atoms with Crippen LogP contribution in [0.2, 0.25) is 10.0 Å². The Bertz CT molecular complexity index is 1040. The van der Waals surface area contributed by atoms with Crippen molar-refractivity contribution in [3.05, 3.63) is 69.5 Å². The number of carbonyl (C=O) groups excluding carboxylic acids is 1. The molecule has 3 rings (SSSR count). The van der Waals surface area contributed by atoms with Gasteiger partial charge < -0.3 is 5.32 Å². The van der Waals surface area contributed by atoms with Crippen LogP contribution in [0.4, 0.5) is 0 Å². The molecule has 0 unspecified atom stereocenters. The lowest BCUT2D eigenvalue weighted by Crippen LogP contribution is -2.33. The van der Waals surface area contributed by atoms with E-state index in [-0.39, 0.29) is 17.2 Å². The van der Waals surface area contributed by atoms with Crippen LogP contribution in [0, 0.1) is 13.8 Å². The quantitative estimate of drug-likeness (QED) is 0.502. The Labute approximate surface area is 184 Å². The van der Waals surface area contributed by atoms with Crippen LogP contribution in [0.25, 0.3) is 5.69 Å². The number of halogens is 2. The van der Waals surface area contributed by atoms with Gasteiger partial charge >= 0.3 is 0 Å². The fourth-order valence-corrected chi connectivity index (χ4v) is 4.47. The van der Waals surface area contributed by atoms with E-state index >= 15 is 0 Å². The highest BCUT2D eigenvalue weighted by Crippen LogP contribution is 2.29. The molecule has 1 N–H and O–H groups in total. The molecular weight excluding hydrogens is 427 g/mol. The highest BCUT2D eigenvalue weighted by atomic mass is 35.5. The summed E-state index contributed by atoms with van der Waals surface area (Å²) < 4.78 is 1.98. The molecule has 1 aromatic heterocycles. The first-order valence-electron chi connectivity index (χ1n) is 9.18. The Morgan fingerprint density at radius 1 is 1.10 bits per heavy atom. The van der Waals surface area contributed by atoms with Crippen molar-refractivity contribution in [3.63, 3.8) is 0 Å². The fourth-order valence-electron chi connectivity index (χ4n) is 2.98. The minimum absolute atomic E-state index is 0.106. The van der Waals surface area contributed by atoms with Crippen LogP contribution < -0.4 is 5.32 Å². The number of para-hydroxylation sites is 1. The summed E-state index contributed by atoms with van der Waals surface area (Å²) in [7, 11) is 0. The zero-order valence-corrected chi connectivity index (χ0v) is 18.9. The van der Waals surface area contributed by atoms with Gasteiger partial charge in [-0.2, -0.15) is 0 Å². The molecule has 0 saturated carbocycles. The summed E-state index contributed by atoms with van der Waals surface area (Å²) in [4.78, 5) is 12.8. The van der Waals surface area contributed by atoms with E-state index in [0.717, 1.165) is 22.6 Å². The lowest BCUT2D eigenvalue weighted by atomic mass is 10.1. The topological polar surface area (TPSA) is 59.8 Å². The Morgan fingerprint density at radius 3 is 2.52 bits per heavy atom. The van der Waals surface area contributed by atoms with Crippen molar-refractivity contribution in [3.8, 4) is 5.69 Å². The Hall–Kier alpha value is -2.02. The molecule has 0 saturated heterocycles. The summed E-state index contributed by atoms with van der Waals surface area (Å²) in [5.41, 5.74) is 2.94. The van der Waals surface area contributed by atoms with Gasteiger partial charge in [-0.3, -0.25) is 9.36 Å². The van der Waals surface area contributed by atoms with Crippen molar-refractivity contribution in [2.24, 2.45) is 0 Å². The zero-order valence-electron chi connectivity index (χ0n) is 16.6. The maximum absolute atomic E-state index is 12.8. The molecule has 3 aromatic rings. The molecule has 0 aliphatic carbocycles. The molecule has 0 spiro atoms. The van der Waals surface area contributed by atoms with Crippen LogP contribution in [-0.2, 0) is 4.79 Å². The van der Waals surface area contributed by atoms with Gasteiger partial charge in [-0.15, -0.1) is 10.2 Å². The lowest BCUT2D eigenvalue weighted by Gasteiger charge is -2.19. The summed E-state index contributed by atoms with van der Waals surface area (Å²) in [6.45, 7) is 7.68. The van der Waals surface area contributed by atoms with Gasteiger partial charge in [0.15, 0.2) is 5.16 Å². The molecule has 1 amide bonds. The number of aromatic nitrogens is 3. The van der Waals surface area contributed by atoms with Gasteiger partial charge in [-0.05, 0) is 57.0 Å². The van der Waals surface area contributed by atoms with Crippen molar-refractivity contribution in [2.75, 3.05) is 0 Å². The predicted molar refractivity (Wildman–Crippen MR) is 119 cm³/mol. The van der Waals surface area contributed by atoms with Gasteiger partial charge in [-0.25, -0.2) is 0 Å². The van der Waals surface area contributed by atoms with Crippen LogP contribution in [0.3, 0.4) is 0 Å². The van der Waals surface area contributed by atoms with Gasteiger partial charge in [0.25, 0.3) is 0 Å². The second-order valence-electron chi connectivity index (χ2n) is 6.81. The van der Waals surface area contributed by atoms with Gasteiger partial charge in [0.1, 0.15) is 5.82 Å². The predicted octanol–water partition coefficient (Wildman–Crippen LogP) is 5.55. The summed E-state index contributed by atoms with van der Waals surface area (Å²) in [5.74, 6) is 0.668. The van der Waals surface area contributed by atoms with Crippen LogP contribution >= 0.6 is 35.0 Å². The Morgan fingerprint density at radius 2 is 1.83 bits per heavy atom. The van der Waals surface area contributed by atoms with Crippen molar-refractivity contribution in [1.82, 2.24) is 20.1 Å². The van der Waals surface area contributed by atoms with E-state index in [9.17, 15) is 4.79 Å². The van der Waals surface area contributed by atoms with Crippen molar-refractivity contribution in [2.45, 2.75) is 44.1 Å². The SMILES string of the molecule is Cc1ccccc1-n1c(C)nnc1S[C@@H](C)C(=O)N[C@H](C)c1ccc(Cl)cc1Cl. The van der Waals surface area contributed by atoms with E-state index in [1.165, 1.54) is 11.8 Å². The first-order valence-corrected chi connectivity index (χ1v) is 10.8. The number of rotatable bonds is 6. The third-order valence-corrected chi connectivity index (χ3v) is 6.20. The summed E-state index contributed by atoms with van der Waals surface area (Å²) >= 11 is 13.6. The minimum atomic E-state index is -0.366. The first kappa shape index (κ1) is 21.7. The van der Waals surface area contributed by atoms with Gasteiger partial charge in [0, 0.05) is 10.0 Å². The maximum Gasteiger partial charge on any atom is 0.233 e.